The minimum atomic E-state index is -3.44. The van der Waals surface area contributed by atoms with Gasteiger partial charge in [0.25, 0.3) is 0 Å². The summed E-state index contributed by atoms with van der Waals surface area (Å²) in [6.45, 7) is 1.50. The van der Waals surface area contributed by atoms with Crippen LogP contribution in [-0.4, -0.2) is 51.6 Å². The van der Waals surface area contributed by atoms with Crippen LogP contribution in [0, 0.1) is 0 Å². The summed E-state index contributed by atoms with van der Waals surface area (Å²) in [7, 11) is -1.77. The lowest BCUT2D eigenvalue weighted by Crippen LogP contribution is -2.55. The third kappa shape index (κ3) is 6.28. The van der Waals surface area contributed by atoms with E-state index in [2.05, 4.69) is 29.2 Å². The monoisotopic (exact) mass is 520 g/mol. The van der Waals surface area contributed by atoms with Crippen molar-refractivity contribution in [2.24, 2.45) is 0 Å². The first-order valence-corrected chi connectivity index (χ1v) is 14.8. The van der Waals surface area contributed by atoms with E-state index in [-0.39, 0.29) is 17.9 Å². The molecule has 37 heavy (non-hydrogen) atoms. The molecule has 0 bridgehead atoms. The Hall–Kier alpha value is -3.03. The number of piperazine rings is 1. The summed E-state index contributed by atoms with van der Waals surface area (Å²) in [5, 5.41) is 0. The molecule has 3 aromatic carbocycles. The van der Waals surface area contributed by atoms with Crippen molar-refractivity contribution in [1.82, 2.24) is 4.31 Å². The molecule has 1 aliphatic heterocycles. The van der Waals surface area contributed by atoms with E-state index in [1.54, 1.807) is 11.4 Å². The Morgan fingerprint density at radius 1 is 0.838 bits per heavy atom. The summed E-state index contributed by atoms with van der Waals surface area (Å²) in [5.41, 5.74) is 3.04. The summed E-state index contributed by atoms with van der Waals surface area (Å²) >= 11 is 0. The predicted octanol–water partition coefficient (Wildman–Crippen LogP) is 5.28. The Labute approximate surface area is 220 Å². The highest BCUT2D eigenvalue weighted by Crippen LogP contribution is 2.36. The molecule has 2 aliphatic rings. The Bertz CT molecular complexity index is 1260. The number of hydrogen-bond donors (Lipinski definition) is 0. The third-order valence-corrected chi connectivity index (χ3v) is 9.24. The highest BCUT2D eigenvalue weighted by Gasteiger charge is 2.34. The molecular weight excluding hydrogens is 484 g/mol. The average Bonchev–Trinajstić information content (AvgIpc) is 3.43. The molecule has 1 unspecified atom stereocenters. The van der Waals surface area contributed by atoms with Crippen molar-refractivity contribution in [1.29, 1.82) is 0 Å². The molecule has 6 nitrogen and oxygen atoms in total. The van der Waals surface area contributed by atoms with Crippen LogP contribution in [0.15, 0.2) is 78.9 Å². The van der Waals surface area contributed by atoms with Gasteiger partial charge in [0.1, 0.15) is 0 Å². The maximum absolute atomic E-state index is 13.4. The van der Waals surface area contributed by atoms with E-state index in [4.69, 9.17) is 9.47 Å². The molecule has 1 aliphatic carbocycles. The topological polar surface area (TPSA) is 59.1 Å². The zero-order chi connectivity index (χ0) is 25.7. The molecule has 0 aromatic heterocycles. The fourth-order valence-electron chi connectivity index (χ4n) is 5.48. The van der Waals surface area contributed by atoms with Crippen molar-refractivity contribution in [3.63, 3.8) is 0 Å². The van der Waals surface area contributed by atoms with Crippen LogP contribution in [0.5, 0.6) is 11.5 Å². The number of benzene rings is 3. The van der Waals surface area contributed by atoms with Gasteiger partial charge in [0.15, 0.2) is 11.5 Å². The van der Waals surface area contributed by atoms with Crippen LogP contribution < -0.4 is 14.4 Å². The van der Waals surface area contributed by atoms with E-state index in [0.29, 0.717) is 19.6 Å². The van der Waals surface area contributed by atoms with Gasteiger partial charge in [0.05, 0.1) is 19.0 Å². The summed E-state index contributed by atoms with van der Waals surface area (Å²) < 4.78 is 40.4. The number of sulfonamides is 1. The Morgan fingerprint density at radius 2 is 1.51 bits per heavy atom. The molecule has 0 radical (unpaired) electrons. The lowest BCUT2D eigenvalue weighted by Gasteiger charge is -2.42. The zero-order valence-corrected chi connectivity index (χ0v) is 22.3. The fraction of sp³-hybridized carbons (Fsp3) is 0.400. The largest absolute Gasteiger partial charge is 0.493 e. The van der Waals surface area contributed by atoms with Crippen LogP contribution in [0.25, 0.3) is 0 Å². The quantitative estimate of drug-likeness (QED) is 0.384. The van der Waals surface area contributed by atoms with E-state index in [1.165, 1.54) is 18.4 Å². The number of ether oxygens (including phenoxy) is 2. The summed E-state index contributed by atoms with van der Waals surface area (Å²) in [4.78, 5) is 2.34. The summed E-state index contributed by atoms with van der Waals surface area (Å²) in [6, 6.07) is 25.8. The van der Waals surface area contributed by atoms with E-state index < -0.39 is 10.0 Å². The highest BCUT2D eigenvalue weighted by atomic mass is 32.2. The summed E-state index contributed by atoms with van der Waals surface area (Å²) in [6.07, 6.45) is 5.52. The number of anilines is 1. The predicted molar refractivity (Wildman–Crippen MR) is 148 cm³/mol. The maximum atomic E-state index is 13.4. The van der Waals surface area contributed by atoms with Crippen molar-refractivity contribution in [3.8, 4) is 11.5 Å². The molecule has 0 amide bonds. The van der Waals surface area contributed by atoms with E-state index in [9.17, 15) is 8.42 Å². The smallest absolute Gasteiger partial charge is 0.218 e. The van der Waals surface area contributed by atoms with Gasteiger partial charge in [-0.05, 0) is 55.4 Å². The van der Waals surface area contributed by atoms with Gasteiger partial charge in [-0.15, -0.1) is 0 Å². The van der Waals surface area contributed by atoms with Crippen molar-refractivity contribution >= 4 is 15.7 Å². The molecule has 1 atom stereocenters. The second kappa shape index (κ2) is 11.6. The number of nitrogens with zero attached hydrogens (tertiary/aromatic N) is 2. The fourth-order valence-corrected chi connectivity index (χ4v) is 7.03. The first kappa shape index (κ1) is 25.6. The first-order chi connectivity index (χ1) is 18.0. The van der Waals surface area contributed by atoms with Crippen LogP contribution in [0.4, 0.5) is 5.69 Å². The minimum Gasteiger partial charge on any atom is -0.493 e. The van der Waals surface area contributed by atoms with Crippen LogP contribution in [0.2, 0.25) is 0 Å². The molecule has 5 rings (SSSR count). The van der Waals surface area contributed by atoms with Gasteiger partial charge < -0.3 is 14.4 Å². The van der Waals surface area contributed by atoms with Gasteiger partial charge >= 0.3 is 0 Å². The molecule has 0 N–H and O–H groups in total. The second-order valence-electron chi connectivity index (χ2n) is 10.00. The zero-order valence-electron chi connectivity index (χ0n) is 21.5. The van der Waals surface area contributed by atoms with Gasteiger partial charge in [-0.2, -0.15) is 4.31 Å². The lowest BCUT2D eigenvalue weighted by molar-refractivity contribution is 0.200. The second-order valence-corrected chi connectivity index (χ2v) is 12.0. The average molecular weight is 521 g/mol. The van der Waals surface area contributed by atoms with E-state index in [1.807, 2.05) is 54.6 Å². The molecule has 3 aromatic rings. The normalized spacial score (nSPS) is 19.2. The minimum absolute atomic E-state index is 0.00516. The first-order valence-electron chi connectivity index (χ1n) is 13.2. The SMILES string of the molecule is COc1ccc(N2CCN(S(=O)(=O)Cc3ccccc3)CC2Cc2ccccc2)cc1OC1CCCC1. The van der Waals surface area contributed by atoms with Crippen molar-refractivity contribution in [3.05, 3.63) is 90.0 Å². The van der Waals surface area contributed by atoms with Gasteiger partial charge in [-0.3, -0.25) is 0 Å². The summed E-state index contributed by atoms with van der Waals surface area (Å²) in [5.74, 6) is 1.53. The Morgan fingerprint density at radius 3 is 2.19 bits per heavy atom. The van der Waals surface area contributed by atoms with Gasteiger partial charge in [-0.25, -0.2) is 8.42 Å². The molecule has 1 saturated carbocycles. The molecule has 7 heteroatoms. The number of hydrogen-bond acceptors (Lipinski definition) is 5. The van der Waals surface area contributed by atoms with Gasteiger partial charge in [-0.1, -0.05) is 60.7 Å². The molecule has 1 saturated heterocycles. The molecular formula is C30H36N2O4S. The third-order valence-electron chi connectivity index (χ3n) is 7.42. The molecule has 2 fully saturated rings. The van der Waals surface area contributed by atoms with E-state index >= 15 is 0 Å². The van der Waals surface area contributed by atoms with Gasteiger partial charge in [0.2, 0.25) is 10.0 Å². The van der Waals surface area contributed by atoms with E-state index in [0.717, 1.165) is 42.0 Å². The molecule has 196 valence electrons. The Kier molecular flexibility index (Phi) is 8.01. The molecule has 0 spiro atoms. The lowest BCUT2D eigenvalue weighted by atomic mass is 10.0. The van der Waals surface area contributed by atoms with Crippen molar-refractivity contribution in [2.45, 2.75) is 50.0 Å². The number of methoxy groups -OCH3 is 1. The van der Waals surface area contributed by atoms with Crippen molar-refractivity contribution in [2.75, 3.05) is 31.6 Å². The van der Waals surface area contributed by atoms with Crippen LogP contribution in [-0.2, 0) is 22.2 Å². The molecule has 1 heterocycles. The van der Waals surface area contributed by atoms with Crippen LogP contribution in [0.1, 0.15) is 36.8 Å². The standard InChI is InChI=1S/C30H36N2O4S/c1-35-29-17-16-26(21-30(29)36-28-14-8-9-15-28)32-19-18-31(22-27(32)20-24-10-4-2-5-11-24)37(33,34)23-25-12-6-3-7-13-25/h2-7,10-13,16-17,21,27-28H,8-9,14-15,18-20,22-23H2,1H3. The Balaban J connectivity index is 1.40. The van der Waals surface area contributed by atoms with Gasteiger partial charge in [0, 0.05) is 37.4 Å². The van der Waals surface area contributed by atoms with Crippen LogP contribution >= 0.6 is 0 Å². The maximum Gasteiger partial charge on any atom is 0.218 e. The van der Waals surface area contributed by atoms with Crippen molar-refractivity contribution < 1.29 is 17.9 Å². The number of rotatable bonds is 9. The van der Waals surface area contributed by atoms with Crippen LogP contribution in [0.3, 0.4) is 0 Å². The highest BCUT2D eigenvalue weighted by molar-refractivity contribution is 7.88.